The van der Waals surface area contributed by atoms with Crippen LogP contribution < -0.4 is 16.0 Å². The van der Waals surface area contributed by atoms with Gasteiger partial charge in [-0.05, 0) is 64.2 Å². The van der Waals surface area contributed by atoms with Gasteiger partial charge >= 0.3 is 11.9 Å². The number of hydroxylamine groups is 6. The number of nitrogens with zero attached hydrogens (tertiary/aromatic N) is 3. The van der Waals surface area contributed by atoms with Crippen molar-refractivity contribution < 1.29 is 49.5 Å². The number of amides is 5. The minimum Gasteiger partial charge on any atom is -0.474 e. The van der Waals surface area contributed by atoms with Crippen LogP contribution >= 0.6 is 0 Å². The van der Waals surface area contributed by atoms with Gasteiger partial charge in [-0.3, -0.25) is 39.6 Å². The molecule has 0 rings (SSSR count). The molecule has 0 aromatic carbocycles. The highest BCUT2D eigenvalue weighted by Crippen LogP contribution is 2.06. The Bertz CT molecular complexity index is 933. The Kier molecular flexibility index (Phi) is 22.6. The minimum atomic E-state index is -1.54. The molecule has 0 saturated heterocycles. The van der Waals surface area contributed by atoms with Gasteiger partial charge in [0.25, 0.3) is 0 Å². The largest absolute Gasteiger partial charge is 0.474 e. The van der Waals surface area contributed by atoms with Gasteiger partial charge in [-0.25, -0.2) is 20.0 Å². The van der Waals surface area contributed by atoms with Gasteiger partial charge in [-0.2, -0.15) is 0 Å². The van der Waals surface area contributed by atoms with Crippen LogP contribution in [0.4, 0.5) is 0 Å². The molecule has 0 spiro atoms. The van der Waals surface area contributed by atoms with Crippen LogP contribution in [0.15, 0.2) is 12.3 Å². The van der Waals surface area contributed by atoms with E-state index in [1.807, 2.05) is 0 Å². The summed E-state index contributed by atoms with van der Waals surface area (Å²) in [6.45, 7) is 6.84. The lowest BCUT2D eigenvalue weighted by Gasteiger charge is -2.16. The maximum Gasteiger partial charge on any atom is 0.394 e. The average molecular weight is 631 g/mol. The second kappa shape index (κ2) is 24.7. The van der Waals surface area contributed by atoms with Gasteiger partial charge < -0.3 is 21.1 Å². The fraction of sp³-hybridized carbons (Fsp3) is 0.714. The average Bonchev–Trinajstić information content (AvgIpc) is 2.98. The van der Waals surface area contributed by atoms with Crippen LogP contribution in [0.3, 0.4) is 0 Å². The molecule has 0 atom stereocenters. The van der Waals surface area contributed by atoms with Crippen molar-refractivity contribution in [3.63, 3.8) is 0 Å². The van der Waals surface area contributed by atoms with Crippen LogP contribution in [0.1, 0.15) is 90.4 Å². The van der Waals surface area contributed by atoms with Gasteiger partial charge in [-0.1, -0.05) is 6.58 Å². The summed E-state index contributed by atoms with van der Waals surface area (Å²) in [6.07, 6.45) is 5.88. The third-order valence-electron chi connectivity index (χ3n) is 6.46. The van der Waals surface area contributed by atoms with Gasteiger partial charge in [-0.15, -0.1) is 0 Å². The number of nitrogens with one attached hydrogen (secondary N) is 3. The van der Waals surface area contributed by atoms with Crippen molar-refractivity contribution in [2.75, 3.05) is 39.3 Å². The molecule has 16 heteroatoms. The number of aliphatic carboxylic acids is 1. The first-order valence-corrected chi connectivity index (χ1v) is 15.0. The summed E-state index contributed by atoms with van der Waals surface area (Å²) in [6, 6.07) is 0. The number of hydrogen-bond acceptors (Lipinski definition) is 10. The van der Waals surface area contributed by atoms with E-state index in [0.717, 1.165) is 12.8 Å². The zero-order valence-electron chi connectivity index (χ0n) is 25.7. The summed E-state index contributed by atoms with van der Waals surface area (Å²) in [4.78, 5) is 68.2. The molecule has 0 radical (unpaired) electrons. The number of unbranched alkanes of at least 4 members (excludes halogenated alkanes) is 6. The smallest absolute Gasteiger partial charge is 0.394 e. The number of carbonyl (C=O) groups is 6. The third-order valence-corrected chi connectivity index (χ3v) is 6.46. The Morgan fingerprint density at radius 2 is 1.00 bits per heavy atom. The van der Waals surface area contributed by atoms with Gasteiger partial charge in [0.2, 0.25) is 23.6 Å². The zero-order chi connectivity index (χ0) is 33.3. The number of carbonyl (C=O) groups excluding carboxylic acids is 5. The van der Waals surface area contributed by atoms with E-state index < -0.39 is 29.6 Å². The van der Waals surface area contributed by atoms with Crippen LogP contribution in [-0.4, -0.2) is 111 Å². The Balaban J connectivity index is 3.78. The van der Waals surface area contributed by atoms with Crippen LogP contribution in [0.25, 0.3) is 0 Å². The van der Waals surface area contributed by atoms with Gasteiger partial charge in [0.05, 0.1) is 0 Å². The molecule has 0 aliphatic rings. The van der Waals surface area contributed by atoms with E-state index >= 15 is 0 Å². The summed E-state index contributed by atoms with van der Waals surface area (Å²) in [5.74, 6) is -4.31. The number of carboxylic acids is 1. The molecule has 16 nitrogen and oxygen atoms in total. The van der Waals surface area contributed by atoms with Crippen molar-refractivity contribution >= 4 is 35.5 Å². The van der Waals surface area contributed by atoms with E-state index in [2.05, 4.69) is 22.5 Å². The maximum atomic E-state index is 12.1. The molecule has 7 N–H and O–H groups in total. The van der Waals surface area contributed by atoms with Gasteiger partial charge in [0, 0.05) is 71.2 Å². The number of allylic oxidation sites excluding steroid dienone is 1. The predicted molar refractivity (Wildman–Crippen MR) is 157 cm³/mol. The Morgan fingerprint density at radius 3 is 1.48 bits per heavy atom. The second-order valence-electron chi connectivity index (χ2n) is 10.3. The molecule has 0 aromatic heterocycles. The molecule has 0 aliphatic carbocycles. The Labute approximate surface area is 258 Å². The van der Waals surface area contributed by atoms with E-state index in [1.54, 1.807) is 0 Å². The highest BCUT2D eigenvalue weighted by molar-refractivity contribution is 6.31. The van der Waals surface area contributed by atoms with E-state index in [9.17, 15) is 44.4 Å². The highest BCUT2D eigenvalue weighted by atomic mass is 16.5. The summed E-state index contributed by atoms with van der Waals surface area (Å²) in [7, 11) is 0. The molecule has 0 unspecified atom stereocenters. The SMILES string of the molecule is C=C(CCC(=O)N(O)CCCCCNC(=O)C(=O)O)NCCCCCN(O)C(=O)CCC(=O)NCCCCCN(O)C(C)=O. The van der Waals surface area contributed by atoms with Gasteiger partial charge in [0.1, 0.15) is 0 Å². The fourth-order valence-corrected chi connectivity index (χ4v) is 3.78. The van der Waals surface area contributed by atoms with Crippen molar-refractivity contribution in [1.82, 2.24) is 31.1 Å². The first kappa shape index (κ1) is 40.2. The number of carboxylic acid groups (broad SMARTS) is 1. The molecule has 0 fully saturated rings. The first-order chi connectivity index (χ1) is 20.8. The quantitative estimate of drug-likeness (QED) is 0.0327. The maximum absolute atomic E-state index is 12.1. The monoisotopic (exact) mass is 630 g/mol. The summed E-state index contributed by atoms with van der Waals surface area (Å²) >= 11 is 0. The zero-order valence-corrected chi connectivity index (χ0v) is 25.7. The molecule has 0 aliphatic heterocycles. The molecular formula is C28H50N6O10. The topological polar surface area (TPSA) is 229 Å². The summed E-state index contributed by atoms with van der Waals surface area (Å²) in [5, 5.41) is 47.4. The fourth-order valence-electron chi connectivity index (χ4n) is 3.78. The molecule has 0 saturated carbocycles. The second-order valence-corrected chi connectivity index (χ2v) is 10.3. The molecule has 5 amide bonds. The van der Waals surface area contributed by atoms with Crippen LogP contribution in [-0.2, 0) is 28.8 Å². The molecule has 0 heterocycles. The molecule has 0 aromatic rings. The van der Waals surface area contributed by atoms with Crippen LogP contribution in [0.5, 0.6) is 0 Å². The number of rotatable bonds is 25. The van der Waals surface area contributed by atoms with Crippen molar-refractivity contribution in [3.05, 3.63) is 12.3 Å². The Hall–Kier alpha value is -3.76. The lowest BCUT2D eigenvalue weighted by atomic mass is 10.2. The highest BCUT2D eigenvalue weighted by Gasteiger charge is 2.14. The van der Waals surface area contributed by atoms with E-state index in [1.165, 1.54) is 6.92 Å². The summed E-state index contributed by atoms with van der Waals surface area (Å²) < 4.78 is 0. The lowest BCUT2D eigenvalue weighted by Crippen LogP contribution is -2.31. The molecule has 44 heavy (non-hydrogen) atoms. The van der Waals surface area contributed by atoms with Gasteiger partial charge in [0.15, 0.2) is 0 Å². The Morgan fingerprint density at radius 1 is 0.568 bits per heavy atom. The van der Waals surface area contributed by atoms with Crippen molar-refractivity contribution in [1.29, 1.82) is 0 Å². The normalized spacial score (nSPS) is 10.5. The molecule has 252 valence electrons. The van der Waals surface area contributed by atoms with Crippen LogP contribution in [0.2, 0.25) is 0 Å². The lowest BCUT2D eigenvalue weighted by molar-refractivity contribution is -0.166. The van der Waals surface area contributed by atoms with E-state index in [0.29, 0.717) is 85.3 Å². The van der Waals surface area contributed by atoms with E-state index in [-0.39, 0.29) is 51.3 Å². The first-order valence-electron chi connectivity index (χ1n) is 15.0. The van der Waals surface area contributed by atoms with Crippen molar-refractivity contribution in [2.45, 2.75) is 90.4 Å². The van der Waals surface area contributed by atoms with Crippen molar-refractivity contribution in [2.24, 2.45) is 0 Å². The van der Waals surface area contributed by atoms with Crippen LogP contribution in [0, 0.1) is 0 Å². The van der Waals surface area contributed by atoms with E-state index in [4.69, 9.17) is 5.11 Å². The minimum absolute atomic E-state index is 0.0374. The molecule has 0 bridgehead atoms. The molecular weight excluding hydrogens is 580 g/mol. The standard InChI is InChI=1S/C28H50N6O10/c1-22(12-14-25(37)33(43)20-11-5-8-18-31-27(39)28(40)41)29-16-6-3-10-21-34(44)26(38)15-13-24(36)30-17-7-4-9-19-32(42)23(2)35/h29,42-44H,1,3-21H2,2H3,(H,30,36)(H,31,39)(H,40,41). The summed E-state index contributed by atoms with van der Waals surface area (Å²) in [5.41, 5.74) is 0.642. The number of hydrogen-bond donors (Lipinski definition) is 7. The third kappa shape index (κ3) is 21.9. The predicted octanol–water partition coefficient (Wildman–Crippen LogP) is 1.15. The van der Waals surface area contributed by atoms with Crippen molar-refractivity contribution in [3.8, 4) is 0 Å².